The Morgan fingerprint density at radius 3 is 2.46 bits per heavy atom. The van der Waals surface area contributed by atoms with Crippen molar-refractivity contribution < 1.29 is 33.6 Å². The third-order valence-electron chi connectivity index (χ3n) is 8.20. The van der Waals surface area contributed by atoms with E-state index in [1.54, 1.807) is 4.90 Å². The van der Waals surface area contributed by atoms with Gasteiger partial charge in [0.1, 0.15) is 30.5 Å². The summed E-state index contributed by atoms with van der Waals surface area (Å²) in [6, 6.07) is 15.9. The maximum atomic E-state index is 13.4. The first-order chi connectivity index (χ1) is 16.9. The van der Waals surface area contributed by atoms with E-state index in [-0.39, 0.29) is 19.1 Å². The number of carbonyl (C=O) groups is 1. The lowest BCUT2D eigenvalue weighted by Crippen LogP contribution is -2.72. The van der Waals surface area contributed by atoms with Crippen molar-refractivity contribution >= 4 is 6.09 Å². The predicted molar refractivity (Wildman–Crippen MR) is 124 cm³/mol. The maximum Gasteiger partial charge on any atom is 0.410 e. The van der Waals surface area contributed by atoms with Gasteiger partial charge >= 0.3 is 6.09 Å². The van der Waals surface area contributed by atoms with Crippen molar-refractivity contribution in [3.8, 4) is 11.1 Å². The second-order valence-electron chi connectivity index (χ2n) is 10.6. The molecule has 0 saturated carbocycles. The van der Waals surface area contributed by atoms with Gasteiger partial charge in [-0.05, 0) is 42.5 Å². The molecule has 2 aromatic rings. The van der Waals surface area contributed by atoms with E-state index >= 15 is 0 Å². The van der Waals surface area contributed by atoms with Crippen LogP contribution in [0.4, 0.5) is 4.79 Å². The van der Waals surface area contributed by atoms with Gasteiger partial charge in [0.25, 0.3) is 0 Å². The largest absolute Gasteiger partial charge is 0.448 e. The molecule has 8 nitrogen and oxygen atoms in total. The number of amides is 1. The highest BCUT2D eigenvalue weighted by molar-refractivity contribution is 5.79. The zero-order valence-corrected chi connectivity index (χ0v) is 19.8. The molecule has 184 valence electrons. The number of ether oxygens (including phenoxy) is 5. The van der Waals surface area contributed by atoms with Gasteiger partial charge < -0.3 is 28.8 Å². The summed E-state index contributed by atoms with van der Waals surface area (Å²) in [6.45, 7) is 4.41. The van der Waals surface area contributed by atoms with E-state index < -0.39 is 48.1 Å². The first-order valence-electron chi connectivity index (χ1n) is 12.3. The van der Waals surface area contributed by atoms with Gasteiger partial charge in [0.15, 0.2) is 12.1 Å². The van der Waals surface area contributed by atoms with Gasteiger partial charge in [0, 0.05) is 12.5 Å². The molecule has 2 bridgehead atoms. The molecule has 2 aromatic carbocycles. The molecular formula is C27H29NO7. The quantitative estimate of drug-likeness (QED) is 0.709. The average Bonchev–Trinajstić information content (AvgIpc) is 3.44. The van der Waals surface area contributed by atoms with Crippen molar-refractivity contribution in [1.82, 2.24) is 4.90 Å². The molecule has 8 heteroatoms. The summed E-state index contributed by atoms with van der Waals surface area (Å²) >= 11 is 0. The molecule has 6 atom stereocenters. The summed E-state index contributed by atoms with van der Waals surface area (Å²) in [5, 5.41) is 10.9. The Kier molecular flexibility index (Phi) is 4.67. The summed E-state index contributed by atoms with van der Waals surface area (Å²) in [5.74, 6) is -0.797. The number of nitrogens with zero attached hydrogens (tertiary/aromatic N) is 1. The van der Waals surface area contributed by atoms with Gasteiger partial charge in [-0.3, -0.25) is 4.90 Å². The van der Waals surface area contributed by atoms with Crippen LogP contribution in [0.25, 0.3) is 11.1 Å². The summed E-state index contributed by atoms with van der Waals surface area (Å²) in [5.41, 5.74) is 3.94. The first kappa shape index (κ1) is 21.8. The van der Waals surface area contributed by atoms with Crippen LogP contribution in [0.2, 0.25) is 0 Å². The molecular weight excluding hydrogens is 450 g/mol. The van der Waals surface area contributed by atoms with Crippen molar-refractivity contribution in [2.75, 3.05) is 19.8 Å². The number of likely N-dealkylation sites (tertiary alicyclic amines) is 1. The first-order valence-corrected chi connectivity index (χ1v) is 12.3. The molecule has 5 aliphatic rings. The van der Waals surface area contributed by atoms with E-state index in [1.807, 2.05) is 38.1 Å². The maximum absolute atomic E-state index is 13.4. The van der Waals surface area contributed by atoms with Crippen LogP contribution in [0, 0.1) is 0 Å². The van der Waals surface area contributed by atoms with Gasteiger partial charge in [0.05, 0.1) is 12.6 Å². The smallest absolute Gasteiger partial charge is 0.410 e. The lowest BCUT2D eigenvalue weighted by molar-refractivity contribution is -0.284. The fourth-order valence-electron chi connectivity index (χ4n) is 6.72. The predicted octanol–water partition coefficient (Wildman–Crippen LogP) is 3.02. The van der Waals surface area contributed by atoms with Crippen molar-refractivity contribution in [3.63, 3.8) is 0 Å². The fourth-order valence-corrected chi connectivity index (χ4v) is 6.72. The molecule has 35 heavy (non-hydrogen) atoms. The van der Waals surface area contributed by atoms with Crippen LogP contribution in [0.15, 0.2) is 48.5 Å². The van der Waals surface area contributed by atoms with Crippen LogP contribution in [-0.4, -0.2) is 77.9 Å². The van der Waals surface area contributed by atoms with Crippen LogP contribution in [0.3, 0.4) is 0 Å². The number of aliphatic hydroxyl groups excluding tert-OH is 1. The lowest BCUT2D eigenvalue weighted by atomic mass is 9.77. The number of hydrogen-bond donors (Lipinski definition) is 1. The van der Waals surface area contributed by atoms with Crippen molar-refractivity contribution in [1.29, 1.82) is 0 Å². The molecule has 4 fully saturated rings. The number of benzene rings is 2. The molecule has 0 spiro atoms. The van der Waals surface area contributed by atoms with Gasteiger partial charge in [-0.2, -0.15) is 0 Å². The van der Waals surface area contributed by atoms with Crippen molar-refractivity contribution in [3.05, 3.63) is 59.7 Å². The van der Waals surface area contributed by atoms with Gasteiger partial charge in [-0.1, -0.05) is 48.5 Å². The molecule has 0 unspecified atom stereocenters. The molecule has 4 heterocycles. The van der Waals surface area contributed by atoms with Crippen LogP contribution >= 0.6 is 0 Å². The topological polar surface area (TPSA) is 86.7 Å². The molecule has 1 aliphatic carbocycles. The Bertz CT molecular complexity index is 1140. The van der Waals surface area contributed by atoms with Gasteiger partial charge in [-0.25, -0.2) is 4.79 Å². The van der Waals surface area contributed by atoms with Crippen molar-refractivity contribution in [2.45, 2.75) is 68.2 Å². The van der Waals surface area contributed by atoms with Crippen LogP contribution in [0.5, 0.6) is 0 Å². The van der Waals surface area contributed by atoms with Crippen LogP contribution < -0.4 is 0 Å². The van der Waals surface area contributed by atoms with Gasteiger partial charge in [0.2, 0.25) is 0 Å². The summed E-state index contributed by atoms with van der Waals surface area (Å²) in [6.07, 6.45) is -2.36. The number of aliphatic hydroxyl groups is 1. The summed E-state index contributed by atoms with van der Waals surface area (Å²) in [7, 11) is 0. The van der Waals surface area contributed by atoms with Crippen molar-refractivity contribution in [2.24, 2.45) is 0 Å². The number of fused-ring (bicyclic) bond motifs is 4. The highest BCUT2D eigenvalue weighted by Gasteiger charge is 2.71. The normalized spacial score (nSPS) is 36.3. The van der Waals surface area contributed by atoms with Gasteiger partial charge in [-0.15, -0.1) is 0 Å². The molecule has 4 aliphatic heterocycles. The molecule has 7 rings (SSSR count). The van der Waals surface area contributed by atoms with E-state index in [4.69, 9.17) is 23.7 Å². The number of hydrogen-bond acceptors (Lipinski definition) is 7. The minimum absolute atomic E-state index is 0.0269. The number of carbonyl (C=O) groups excluding carboxylic acids is 1. The number of rotatable bonds is 2. The van der Waals surface area contributed by atoms with E-state index in [0.29, 0.717) is 13.0 Å². The Hall–Kier alpha value is -2.49. The average molecular weight is 480 g/mol. The zero-order valence-electron chi connectivity index (χ0n) is 19.8. The van der Waals surface area contributed by atoms with Crippen LogP contribution in [-0.2, 0) is 23.7 Å². The fraction of sp³-hybridized carbons (Fsp3) is 0.519. The third-order valence-corrected chi connectivity index (χ3v) is 8.20. The third kappa shape index (κ3) is 3.07. The Morgan fingerprint density at radius 1 is 1.06 bits per heavy atom. The summed E-state index contributed by atoms with van der Waals surface area (Å²) < 4.78 is 30.4. The molecule has 0 aromatic heterocycles. The highest BCUT2D eigenvalue weighted by Crippen LogP contribution is 2.52. The molecule has 1 amide bonds. The second-order valence-corrected chi connectivity index (χ2v) is 10.6. The number of piperidine rings is 1. The Morgan fingerprint density at radius 2 is 1.74 bits per heavy atom. The summed E-state index contributed by atoms with van der Waals surface area (Å²) in [4.78, 5) is 15.0. The highest BCUT2D eigenvalue weighted by atomic mass is 16.8. The molecule has 1 N–H and O–H groups in total. The minimum atomic E-state index is -0.888. The van der Waals surface area contributed by atoms with E-state index in [0.717, 1.165) is 11.1 Å². The second kappa shape index (κ2) is 7.51. The van der Waals surface area contributed by atoms with Crippen LogP contribution in [0.1, 0.15) is 37.3 Å². The Labute approximate surface area is 203 Å². The Balaban J connectivity index is 1.12. The standard InChI is InChI=1S/C27H29NO7/c1-26(2)34-23-24(35-26)33-22-21-20(29)14-32-27(22,23)11-12-28(21)25(30)31-13-19-17-9-5-3-7-15(17)16-8-4-6-10-18(16)19/h3-10,19-24,29H,11-14H2,1-2H3/t20-,21+,22+,23-,24+,27+/m0/s1. The van der Waals surface area contributed by atoms with E-state index in [1.165, 1.54) is 11.1 Å². The minimum Gasteiger partial charge on any atom is -0.448 e. The molecule has 4 saturated heterocycles. The SMILES string of the molecule is CC1(C)O[C@H]2O[C@@H]3[C@H]4[C@@H](O)CO[C@@]3(CCN4C(=O)OCC3c4ccccc4-c4ccccc43)[C@H]2O1. The zero-order chi connectivity index (χ0) is 23.9. The van der Waals surface area contributed by atoms with E-state index in [2.05, 4.69) is 24.3 Å². The van der Waals surface area contributed by atoms with E-state index in [9.17, 15) is 9.90 Å². The monoisotopic (exact) mass is 479 g/mol. The molecule has 0 radical (unpaired) electrons. The lowest BCUT2D eigenvalue weighted by Gasteiger charge is -2.53.